The maximum absolute atomic E-state index is 6.00. The number of halogens is 1. The summed E-state index contributed by atoms with van der Waals surface area (Å²) in [6, 6.07) is 12.3. The van der Waals surface area contributed by atoms with Crippen molar-refractivity contribution in [2.75, 3.05) is 13.7 Å². The highest BCUT2D eigenvalue weighted by atomic mass is 35.5. The van der Waals surface area contributed by atoms with E-state index in [9.17, 15) is 0 Å². The Hall–Kier alpha value is -1.38. The molecule has 0 N–H and O–H groups in total. The summed E-state index contributed by atoms with van der Waals surface area (Å²) in [4.78, 5) is 4.70. The largest absolute Gasteiger partial charge is 0.385 e. The lowest BCUT2D eigenvalue weighted by molar-refractivity contribution is 0.133. The van der Waals surface area contributed by atoms with Crippen LogP contribution in [0.3, 0.4) is 0 Å². The van der Waals surface area contributed by atoms with Crippen LogP contribution in [0.5, 0.6) is 0 Å². The van der Waals surface area contributed by atoms with Crippen LogP contribution in [0, 0.1) is 23.7 Å². The molecule has 1 heterocycles. The molecular weight excluding hydrogens is 414 g/mol. The van der Waals surface area contributed by atoms with Crippen LogP contribution in [0.2, 0.25) is 5.02 Å². The van der Waals surface area contributed by atoms with Gasteiger partial charge in [-0.05, 0) is 98.8 Å². The van der Waals surface area contributed by atoms with Gasteiger partial charge in [0, 0.05) is 30.5 Å². The molecule has 0 saturated heterocycles. The summed E-state index contributed by atoms with van der Waals surface area (Å²) in [5.41, 5.74) is 3.53. The van der Waals surface area contributed by atoms with E-state index in [0.717, 1.165) is 53.0 Å². The maximum atomic E-state index is 6.00. The second-order valence-electron chi connectivity index (χ2n) is 10.3. The molecule has 0 radical (unpaired) electrons. The number of nitrogens with zero attached hydrogens (tertiary/aromatic N) is 1. The molecule has 4 rings (SSSR count). The van der Waals surface area contributed by atoms with Crippen molar-refractivity contribution in [3.63, 3.8) is 0 Å². The molecule has 2 aromatic rings. The quantitative estimate of drug-likeness (QED) is 0.355. The number of methoxy groups -OCH3 is 1. The Labute approximate surface area is 200 Å². The molecular formula is C29H40ClNO. The van der Waals surface area contributed by atoms with Gasteiger partial charge in [0.25, 0.3) is 0 Å². The van der Waals surface area contributed by atoms with Gasteiger partial charge in [-0.3, -0.25) is 4.98 Å². The van der Waals surface area contributed by atoms with Gasteiger partial charge in [-0.15, -0.1) is 0 Å². The average Bonchev–Trinajstić information content (AvgIpc) is 2.85. The molecule has 2 fully saturated rings. The van der Waals surface area contributed by atoms with Gasteiger partial charge in [-0.2, -0.15) is 0 Å². The smallest absolute Gasteiger partial charge is 0.0702 e. The van der Waals surface area contributed by atoms with Crippen LogP contribution >= 0.6 is 11.6 Å². The Bertz CT molecular complexity index is 787. The first-order valence-electron chi connectivity index (χ1n) is 12.9. The Balaban J connectivity index is 1.15. The molecule has 0 aliphatic heterocycles. The number of ether oxygens (including phenoxy) is 1. The van der Waals surface area contributed by atoms with Crippen molar-refractivity contribution in [3.05, 3.63) is 53.2 Å². The molecule has 0 unspecified atom stereocenters. The van der Waals surface area contributed by atoms with E-state index in [4.69, 9.17) is 21.3 Å². The third-order valence-corrected chi connectivity index (χ3v) is 8.47. The standard InChI is InChI=1S/C29H40ClNO/c1-32-20-2-3-22-6-11-25(12-7-22)26-13-8-23(9-14-26)4-5-24-10-19-29(31-21-24)27-15-17-28(30)18-16-27/h10,15-19,21-23,25-26H,2-9,11-14,20H2,1H3. The van der Waals surface area contributed by atoms with Crippen LogP contribution in [0.15, 0.2) is 42.6 Å². The molecule has 2 nitrogen and oxygen atoms in total. The van der Waals surface area contributed by atoms with Gasteiger partial charge in [-0.25, -0.2) is 0 Å². The van der Waals surface area contributed by atoms with Crippen LogP contribution in [0.25, 0.3) is 11.3 Å². The van der Waals surface area contributed by atoms with Gasteiger partial charge in [0.2, 0.25) is 0 Å². The van der Waals surface area contributed by atoms with Crippen LogP contribution < -0.4 is 0 Å². The fraction of sp³-hybridized carbons (Fsp3) is 0.621. The fourth-order valence-corrected chi connectivity index (χ4v) is 6.27. The van der Waals surface area contributed by atoms with Crippen molar-refractivity contribution in [3.8, 4) is 11.3 Å². The number of benzene rings is 1. The third kappa shape index (κ3) is 6.81. The molecule has 2 aliphatic carbocycles. The predicted molar refractivity (Wildman–Crippen MR) is 135 cm³/mol. The predicted octanol–water partition coefficient (Wildman–Crippen LogP) is 8.37. The van der Waals surface area contributed by atoms with Crippen molar-refractivity contribution < 1.29 is 4.74 Å². The Morgan fingerprint density at radius 2 is 1.44 bits per heavy atom. The number of aromatic nitrogens is 1. The summed E-state index contributed by atoms with van der Waals surface area (Å²) < 4.78 is 5.23. The normalized spacial score (nSPS) is 26.2. The zero-order chi connectivity index (χ0) is 22.2. The molecule has 0 amide bonds. The van der Waals surface area contributed by atoms with E-state index >= 15 is 0 Å². The van der Waals surface area contributed by atoms with Crippen molar-refractivity contribution in [2.45, 2.75) is 77.0 Å². The zero-order valence-corrected chi connectivity index (χ0v) is 20.5. The number of aryl methyl sites for hydroxylation is 1. The first-order valence-corrected chi connectivity index (χ1v) is 13.3. The highest BCUT2D eigenvalue weighted by Crippen LogP contribution is 2.43. The van der Waals surface area contributed by atoms with Gasteiger partial charge in [0.05, 0.1) is 5.69 Å². The lowest BCUT2D eigenvalue weighted by atomic mass is 9.68. The maximum Gasteiger partial charge on any atom is 0.0702 e. The molecule has 0 atom stereocenters. The molecule has 32 heavy (non-hydrogen) atoms. The zero-order valence-electron chi connectivity index (χ0n) is 19.8. The SMILES string of the molecule is COCCCC1CCC(C2CCC(CCc3ccc(-c4ccc(Cl)cc4)nc3)CC2)CC1. The number of hydrogen-bond donors (Lipinski definition) is 0. The fourth-order valence-electron chi connectivity index (χ4n) is 6.15. The Kier molecular flexibility index (Phi) is 9.05. The molecule has 1 aromatic carbocycles. The van der Waals surface area contributed by atoms with Gasteiger partial charge in [0.15, 0.2) is 0 Å². The Morgan fingerprint density at radius 1 is 0.812 bits per heavy atom. The highest BCUT2D eigenvalue weighted by molar-refractivity contribution is 6.30. The number of rotatable bonds is 9. The van der Waals surface area contributed by atoms with Crippen LogP contribution in [-0.4, -0.2) is 18.7 Å². The van der Waals surface area contributed by atoms with Gasteiger partial charge in [-0.1, -0.05) is 55.5 Å². The Morgan fingerprint density at radius 3 is 2.00 bits per heavy atom. The average molecular weight is 454 g/mol. The third-order valence-electron chi connectivity index (χ3n) is 8.22. The first-order chi connectivity index (χ1) is 15.7. The summed E-state index contributed by atoms with van der Waals surface area (Å²) in [5.74, 6) is 3.90. The van der Waals surface area contributed by atoms with Crippen molar-refractivity contribution in [1.29, 1.82) is 0 Å². The lowest BCUT2D eigenvalue weighted by Gasteiger charge is -2.38. The topological polar surface area (TPSA) is 22.1 Å². The van der Waals surface area contributed by atoms with Gasteiger partial charge < -0.3 is 4.74 Å². The van der Waals surface area contributed by atoms with Gasteiger partial charge in [0.1, 0.15) is 0 Å². The number of pyridine rings is 1. The van der Waals surface area contributed by atoms with Gasteiger partial charge >= 0.3 is 0 Å². The molecule has 2 aliphatic rings. The lowest BCUT2D eigenvalue weighted by Crippen LogP contribution is -2.26. The molecule has 3 heteroatoms. The summed E-state index contributed by atoms with van der Waals surface area (Å²) in [6.45, 7) is 0.937. The van der Waals surface area contributed by atoms with Crippen LogP contribution in [0.1, 0.15) is 76.2 Å². The van der Waals surface area contributed by atoms with Crippen LogP contribution in [-0.2, 0) is 11.2 Å². The monoisotopic (exact) mass is 453 g/mol. The summed E-state index contributed by atoms with van der Waals surface area (Å²) in [7, 11) is 1.82. The van der Waals surface area contributed by atoms with Crippen molar-refractivity contribution in [1.82, 2.24) is 4.98 Å². The minimum atomic E-state index is 0.769. The summed E-state index contributed by atoms with van der Waals surface area (Å²) in [6.07, 6.45) is 18.9. The molecule has 174 valence electrons. The van der Waals surface area contributed by atoms with E-state index in [1.807, 2.05) is 31.4 Å². The minimum absolute atomic E-state index is 0.769. The molecule has 0 bridgehead atoms. The highest BCUT2D eigenvalue weighted by Gasteiger charge is 2.30. The van der Waals surface area contributed by atoms with Crippen molar-refractivity contribution in [2.24, 2.45) is 23.7 Å². The summed E-state index contributed by atoms with van der Waals surface area (Å²) >= 11 is 6.00. The van der Waals surface area contributed by atoms with E-state index < -0.39 is 0 Å². The van der Waals surface area contributed by atoms with E-state index in [1.54, 1.807) is 0 Å². The number of hydrogen-bond acceptors (Lipinski definition) is 2. The van der Waals surface area contributed by atoms with Crippen molar-refractivity contribution >= 4 is 11.6 Å². The van der Waals surface area contributed by atoms with E-state index in [2.05, 4.69) is 18.3 Å². The van der Waals surface area contributed by atoms with Crippen LogP contribution in [0.4, 0.5) is 0 Å². The van der Waals surface area contributed by atoms with E-state index in [0.29, 0.717) is 0 Å². The first kappa shape index (κ1) is 23.8. The van der Waals surface area contributed by atoms with E-state index in [1.165, 1.54) is 76.2 Å². The molecule has 1 aromatic heterocycles. The second kappa shape index (κ2) is 12.2. The summed E-state index contributed by atoms with van der Waals surface area (Å²) in [5, 5.41) is 0.769. The molecule has 0 spiro atoms. The van der Waals surface area contributed by atoms with E-state index in [-0.39, 0.29) is 0 Å². The molecule has 2 saturated carbocycles. The minimum Gasteiger partial charge on any atom is -0.385 e. The second-order valence-corrected chi connectivity index (χ2v) is 10.7.